The first kappa shape index (κ1) is 27.3. The molecule has 0 amide bonds. The van der Waals surface area contributed by atoms with E-state index in [2.05, 4.69) is 57.2 Å². The second kappa shape index (κ2) is 8.92. The van der Waals surface area contributed by atoms with Gasteiger partial charge in [-0.05, 0) is 115 Å². The summed E-state index contributed by atoms with van der Waals surface area (Å²) < 4.78 is 5.54. The maximum atomic E-state index is 13.5. The smallest absolute Gasteiger partial charge is 0.139 e. The maximum absolute atomic E-state index is 13.5. The number of benzene rings is 2. The van der Waals surface area contributed by atoms with Gasteiger partial charge in [-0.2, -0.15) is 0 Å². The van der Waals surface area contributed by atoms with Gasteiger partial charge in [-0.1, -0.05) is 51.1 Å². The number of Topliss-reactive ketones (excluding diaryl/α,β-unsaturated/α-hetero) is 1. The second-order valence-electron chi connectivity index (χ2n) is 16.1. The van der Waals surface area contributed by atoms with Gasteiger partial charge in [0.1, 0.15) is 17.1 Å². The van der Waals surface area contributed by atoms with Crippen LogP contribution in [0.25, 0.3) is 11.1 Å². The van der Waals surface area contributed by atoms with Crippen molar-refractivity contribution in [3.05, 3.63) is 53.6 Å². The van der Waals surface area contributed by atoms with Crippen molar-refractivity contribution in [2.75, 3.05) is 13.7 Å². The summed E-state index contributed by atoms with van der Waals surface area (Å²) in [4.78, 5) is 25.4. The third-order valence-corrected chi connectivity index (χ3v) is 13.2. The molecular weight excluding hydrogens is 524 g/mol. The van der Waals surface area contributed by atoms with Gasteiger partial charge >= 0.3 is 0 Å². The van der Waals surface area contributed by atoms with E-state index in [1.54, 1.807) is 7.11 Å². The van der Waals surface area contributed by atoms with Crippen LogP contribution in [0.15, 0.2) is 42.5 Å². The molecule has 1 N–H and O–H groups in total. The largest absolute Gasteiger partial charge is 0.497 e. The highest BCUT2D eigenvalue weighted by Gasteiger charge is 2.72. The summed E-state index contributed by atoms with van der Waals surface area (Å²) in [7, 11) is 1.71. The first-order valence-electron chi connectivity index (χ1n) is 16.3. The van der Waals surface area contributed by atoms with Gasteiger partial charge in [0.25, 0.3) is 0 Å². The number of rotatable bonds is 2. The van der Waals surface area contributed by atoms with E-state index in [1.165, 1.54) is 16.7 Å². The molecule has 224 valence electrons. The van der Waals surface area contributed by atoms with Crippen LogP contribution in [0.1, 0.15) is 95.6 Å². The van der Waals surface area contributed by atoms with Crippen molar-refractivity contribution in [2.45, 2.75) is 102 Å². The van der Waals surface area contributed by atoms with Gasteiger partial charge in [0.2, 0.25) is 0 Å². The van der Waals surface area contributed by atoms with Crippen LogP contribution in [-0.4, -0.2) is 35.8 Å². The van der Waals surface area contributed by atoms with Gasteiger partial charge in [0, 0.05) is 23.7 Å². The van der Waals surface area contributed by atoms with E-state index in [1.807, 2.05) is 6.07 Å². The molecule has 5 heteroatoms. The molecule has 1 aliphatic heterocycles. The average molecular weight is 571 g/mol. The molecule has 1 saturated heterocycles. The van der Waals surface area contributed by atoms with E-state index in [4.69, 9.17) is 14.5 Å². The molecule has 6 aliphatic rings. The zero-order valence-electron chi connectivity index (χ0n) is 25.7. The number of hydrogen-bond donors (Lipinski definition) is 1. The van der Waals surface area contributed by atoms with Crippen LogP contribution in [0.2, 0.25) is 0 Å². The Labute approximate surface area is 250 Å². The summed E-state index contributed by atoms with van der Waals surface area (Å²) >= 11 is 0. The monoisotopic (exact) mass is 570 g/mol. The SMILES string of the molecule is COc1cccc(-c2ccc3c(c2)C[C@]24CCC5(CC(C)(C)COO5)C[C@]2(O)CC[C@@H]2[C@@H]4[C@@H]3C[C@]3(C)C(=O)CC[C@@H]23)c1. The molecular formula is C37H46O5. The second-order valence-corrected chi connectivity index (χ2v) is 16.1. The predicted octanol–water partition coefficient (Wildman–Crippen LogP) is 7.44. The highest BCUT2D eigenvalue weighted by atomic mass is 17.2. The summed E-state index contributed by atoms with van der Waals surface area (Å²) in [5.74, 6) is 2.94. The first-order valence-corrected chi connectivity index (χ1v) is 16.3. The fraction of sp³-hybridized carbons (Fsp3) is 0.649. The third kappa shape index (κ3) is 3.69. The van der Waals surface area contributed by atoms with Gasteiger partial charge in [-0.3, -0.25) is 4.79 Å². The highest BCUT2D eigenvalue weighted by molar-refractivity contribution is 5.87. The van der Waals surface area contributed by atoms with Crippen LogP contribution < -0.4 is 4.74 Å². The van der Waals surface area contributed by atoms with Crippen molar-refractivity contribution in [2.24, 2.45) is 34.0 Å². The molecule has 8 atom stereocenters. The zero-order chi connectivity index (χ0) is 29.1. The van der Waals surface area contributed by atoms with Crippen LogP contribution in [0, 0.1) is 34.0 Å². The van der Waals surface area contributed by atoms with Crippen LogP contribution in [-0.2, 0) is 21.0 Å². The molecule has 1 unspecified atom stereocenters. The fourth-order valence-electron chi connectivity index (χ4n) is 11.7. The van der Waals surface area contributed by atoms with E-state index in [0.717, 1.165) is 69.1 Å². The Morgan fingerprint density at radius 3 is 2.62 bits per heavy atom. The van der Waals surface area contributed by atoms with Crippen LogP contribution in [0.4, 0.5) is 0 Å². The Kier molecular flexibility index (Phi) is 5.81. The van der Waals surface area contributed by atoms with Crippen molar-refractivity contribution < 1.29 is 24.4 Å². The third-order valence-electron chi connectivity index (χ3n) is 13.2. The Hall–Kier alpha value is -2.21. The van der Waals surface area contributed by atoms with Crippen molar-refractivity contribution >= 4 is 5.78 Å². The number of ketones is 1. The van der Waals surface area contributed by atoms with Crippen LogP contribution in [0.5, 0.6) is 5.75 Å². The molecule has 0 aromatic heterocycles. The molecule has 42 heavy (non-hydrogen) atoms. The molecule has 2 aromatic carbocycles. The number of methoxy groups -OCH3 is 1. The molecule has 5 nitrogen and oxygen atoms in total. The minimum atomic E-state index is -0.818. The van der Waals surface area contributed by atoms with Crippen LogP contribution >= 0.6 is 0 Å². The lowest BCUT2D eigenvalue weighted by Crippen LogP contribution is -2.70. The number of aliphatic hydroxyl groups is 1. The molecule has 4 saturated carbocycles. The summed E-state index contributed by atoms with van der Waals surface area (Å²) in [5.41, 5.74) is 3.43. The fourth-order valence-corrected chi connectivity index (χ4v) is 11.7. The van der Waals surface area contributed by atoms with E-state index in [-0.39, 0.29) is 16.2 Å². The van der Waals surface area contributed by atoms with E-state index >= 15 is 0 Å². The van der Waals surface area contributed by atoms with E-state index in [9.17, 15) is 9.90 Å². The standard InChI is InChI=1S/C37H46O5/c1-33(2)20-35(42-41-22-33)14-15-36-18-25-16-24(23-6-5-7-26(17-23)40-4)8-9-27(25)29-19-34(3)30(10-11-31(34)38)28(32(29)36)12-13-37(36,39)21-35/h5-9,16-17,28-30,32,39H,10-15,18-22H2,1-4H3/t28-,29+,30-,32+,34-,35?,36-,37+/m0/s1. The minimum absolute atomic E-state index is 0.0283. The predicted molar refractivity (Wildman–Crippen MR) is 161 cm³/mol. The molecule has 8 rings (SSSR count). The van der Waals surface area contributed by atoms with Crippen molar-refractivity contribution in [1.29, 1.82) is 0 Å². The molecule has 5 aliphatic carbocycles. The molecule has 0 radical (unpaired) electrons. The van der Waals surface area contributed by atoms with Gasteiger partial charge < -0.3 is 9.84 Å². The quantitative estimate of drug-likeness (QED) is 0.380. The van der Waals surface area contributed by atoms with Crippen molar-refractivity contribution in [1.82, 2.24) is 0 Å². The highest BCUT2D eigenvalue weighted by Crippen LogP contribution is 2.74. The normalized spacial score (nSPS) is 43.2. The maximum Gasteiger partial charge on any atom is 0.139 e. The Morgan fingerprint density at radius 1 is 0.976 bits per heavy atom. The number of hydrogen-bond acceptors (Lipinski definition) is 5. The number of ether oxygens (including phenoxy) is 1. The van der Waals surface area contributed by atoms with Gasteiger partial charge in [-0.25, -0.2) is 9.78 Å². The van der Waals surface area contributed by atoms with Gasteiger partial charge in [0.15, 0.2) is 0 Å². The molecule has 1 heterocycles. The number of carbonyl (C=O) groups excluding carboxylic acids is 1. The summed E-state index contributed by atoms with van der Waals surface area (Å²) in [5, 5.41) is 13.0. The summed E-state index contributed by atoms with van der Waals surface area (Å²) in [6, 6.07) is 15.3. The Bertz CT molecular complexity index is 1450. The lowest BCUT2D eigenvalue weighted by atomic mass is 9.36. The number of carbonyl (C=O) groups is 1. The van der Waals surface area contributed by atoms with E-state index in [0.29, 0.717) is 42.5 Å². The summed E-state index contributed by atoms with van der Waals surface area (Å²) in [6.45, 7) is 7.39. The first-order chi connectivity index (χ1) is 20.0. The molecule has 2 aromatic rings. The van der Waals surface area contributed by atoms with Gasteiger partial charge in [0.05, 0.1) is 19.3 Å². The van der Waals surface area contributed by atoms with E-state index < -0.39 is 11.2 Å². The molecule has 0 bridgehead atoms. The number of fused-ring (bicyclic) bond motifs is 4. The minimum Gasteiger partial charge on any atom is -0.497 e. The van der Waals surface area contributed by atoms with Gasteiger partial charge in [-0.15, -0.1) is 0 Å². The average Bonchev–Trinajstić information content (AvgIpc) is 3.26. The summed E-state index contributed by atoms with van der Waals surface area (Å²) in [6.07, 6.45) is 8.77. The van der Waals surface area contributed by atoms with Crippen molar-refractivity contribution in [3.63, 3.8) is 0 Å². The Morgan fingerprint density at radius 2 is 1.81 bits per heavy atom. The Balaban J connectivity index is 1.26. The molecule has 5 fully saturated rings. The topological polar surface area (TPSA) is 65.0 Å². The zero-order valence-corrected chi connectivity index (χ0v) is 25.7. The lowest BCUT2D eigenvalue weighted by Gasteiger charge is -2.70. The van der Waals surface area contributed by atoms with Crippen LogP contribution in [0.3, 0.4) is 0 Å². The van der Waals surface area contributed by atoms with Crippen molar-refractivity contribution in [3.8, 4) is 16.9 Å². The molecule has 2 spiro atoms. The lowest BCUT2D eigenvalue weighted by molar-refractivity contribution is -0.425.